The average molecular weight is 236 g/mol. The summed E-state index contributed by atoms with van der Waals surface area (Å²) in [6.07, 6.45) is 2.05. The summed E-state index contributed by atoms with van der Waals surface area (Å²) in [6, 6.07) is 15.0. The fourth-order valence-corrected chi connectivity index (χ4v) is 2.29. The van der Waals surface area contributed by atoms with Gasteiger partial charge in [0.05, 0.1) is 0 Å². The second-order valence-electron chi connectivity index (χ2n) is 4.56. The molecule has 0 aliphatic rings. The third-order valence-corrected chi connectivity index (χ3v) is 3.37. The number of H-pyrrole nitrogens is 1. The summed E-state index contributed by atoms with van der Waals surface area (Å²) in [5.74, 6) is 0. The minimum atomic E-state index is 1.14. The quantitative estimate of drug-likeness (QED) is 0.686. The van der Waals surface area contributed by atoms with Gasteiger partial charge in [-0.2, -0.15) is 0 Å². The Morgan fingerprint density at radius 2 is 1.83 bits per heavy atom. The number of rotatable bonds is 2. The largest absolute Gasteiger partial charge is 0.388 e. The summed E-state index contributed by atoms with van der Waals surface area (Å²) in [7, 11) is 1.94. The van der Waals surface area contributed by atoms with E-state index in [1.807, 2.05) is 7.05 Å². The molecule has 0 aliphatic heterocycles. The van der Waals surface area contributed by atoms with Crippen molar-refractivity contribution in [2.45, 2.75) is 6.92 Å². The number of hydrogen-bond donors (Lipinski definition) is 2. The molecule has 0 unspecified atom stereocenters. The topological polar surface area (TPSA) is 27.8 Å². The van der Waals surface area contributed by atoms with Gasteiger partial charge in [0.15, 0.2) is 0 Å². The van der Waals surface area contributed by atoms with E-state index in [1.54, 1.807) is 0 Å². The highest BCUT2D eigenvalue weighted by Gasteiger charge is 2.03. The van der Waals surface area contributed by atoms with E-state index in [0.717, 1.165) is 5.69 Å². The lowest BCUT2D eigenvalue weighted by atomic mass is 10.0. The molecule has 0 fully saturated rings. The van der Waals surface area contributed by atoms with Crippen molar-refractivity contribution in [2.75, 3.05) is 12.4 Å². The molecule has 18 heavy (non-hydrogen) atoms. The molecule has 2 nitrogen and oxygen atoms in total. The first-order valence-corrected chi connectivity index (χ1v) is 6.14. The maximum Gasteiger partial charge on any atom is 0.0457 e. The van der Waals surface area contributed by atoms with E-state index in [1.165, 1.54) is 27.6 Å². The van der Waals surface area contributed by atoms with Crippen LogP contribution in [0.3, 0.4) is 0 Å². The van der Waals surface area contributed by atoms with Gasteiger partial charge in [-0.1, -0.05) is 18.2 Å². The van der Waals surface area contributed by atoms with Crippen LogP contribution in [-0.4, -0.2) is 12.0 Å². The summed E-state index contributed by atoms with van der Waals surface area (Å²) in [5.41, 5.74) is 6.11. The highest BCUT2D eigenvalue weighted by Crippen LogP contribution is 2.27. The van der Waals surface area contributed by atoms with Crippen LogP contribution in [0.15, 0.2) is 48.7 Å². The molecule has 0 amide bonds. The van der Waals surface area contributed by atoms with Gasteiger partial charge in [0, 0.05) is 29.8 Å². The van der Waals surface area contributed by atoms with Crippen LogP contribution in [0.2, 0.25) is 0 Å². The highest BCUT2D eigenvalue weighted by atomic mass is 14.8. The van der Waals surface area contributed by atoms with Crippen LogP contribution in [0.25, 0.3) is 22.0 Å². The lowest BCUT2D eigenvalue weighted by Crippen LogP contribution is -1.87. The summed E-state index contributed by atoms with van der Waals surface area (Å²) in [5, 5.41) is 4.47. The Bertz CT molecular complexity index is 695. The van der Waals surface area contributed by atoms with Crippen molar-refractivity contribution in [3.05, 3.63) is 54.2 Å². The number of hydrogen-bond acceptors (Lipinski definition) is 1. The zero-order valence-corrected chi connectivity index (χ0v) is 10.6. The first-order chi connectivity index (χ1) is 8.78. The third-order valence-electron chi connectivity index (χ3n) is 3.37. The number of fused-ring (bicyclic) bond motifs is 1. The molecular weight excluding hydrogens is 220 g/mol. The van der Waals surface area contributed by atoms with E-state index in [2.05, 4.69) is 65.9 Å². The van der Waals surface area contributed by atoms with Crippen molar-refractivity contribution in [2.24, 2.45) is 0 Å². The van der Waals surface area contributed by atoms with E-state index in [9.17, 15) is 0 Å². The summed E-state index contributed by atoms with van der Waals surface area (Å²) >= 11 is 0. The van der Waals surface area contributed by atoms with Gasteiger partial charge in [-0.05, 0) is 47.9 Å². The van der Waals surface area contributed by atoms with Crippen LogP contribution in [0, 0.1) is 6.92 Å². The second kappa shape index (κ2) is 4.22. The van der Waals surface area contributed by atoms with Crippen LogP contribution in [-0.2, 0) is 0 Å². The van der Waals surface area contributed by atoms with Crippen molar-refractivity contribution in [1.82, 2.24) is 4.98 Å². The number of benzene rings is 2. The fraction of sp³-hybridized carbons (Fsp3) is 0.125. The zero-order chi connectivity index (χ0) is 12.5. The van der Waals surface area contributed by atoms with Crippen molar-refractivity contribution in [3.8, 4) is 11.1 Å². The molecule has 0 bridgehead atoms. The molecular formula is C16H16N2. The Labute approximate surface area is 107 Å². The van der Waals surface area contributed by atoms with E-state index in [4.69, 9.17) is 0 Å². The van der Waals surface area contributed by atoms with Gasteiger partial charge >= 0.3 is 0 Å². The first kappa shape index (κ1) is 10.9. The molecule has 0 saturated heterocycles. The molecule has 0 aliphatic carbocycles. The van der Waals surface area contributed by atoms with Gasteiger partial charge in [0.2, 0.25) is 0 Å². The fourth-order valence-electron chi connectivity index (χ4n) is 2.29. The Morgan fingerprint density at radius 1 is 1.00 bits per heavy atom. The van der Waals surface area contributed by atoms with Crippen molar-refractivity contribution in [3.63, 3.8) is 0 Å². The van der Waals surface area contributed by atoms with Gasteiger partial charge in [-0.3, -0.25) is 0 Å². The van der Waals surface area contributed by atoms with Crippen LogP contribution < -0.4 is 5.32 Å². The van der Waals surface area contributed by atoms with Crippen LogP contribution in [0.5, 0.6) is 0 Å². The first-order valence-electron chi connectivity index (χ1n) is 6.14. The van der Waals surface area contributed by atoms with E-state index in [0.29, 0.717) is 0 Å². The molecule has 0 radical (unpaired) electrons. The molecule has 1 aromatic heterocycles. The molecule has 1 heterocycles. The average Bonchev–Trinajstić information content (AvgIpc) is 2.80. The molecule has 3 rings (SSSR count). The lowest BCUT2D eigenvalue weighted by Gasteiger charge is -2.05. The SMILES string of the molecule is CNc1cccc(-c2ccc3[nH]cc(C)c3c2)c1. The smallest absolute Gasteiger partial charge is 0.0457 e. The van der Waals surface area contributed by atoms with Crippen molar-refractivity contribution >= 4 is 16.6 Å². The number of aryl methyl sites for hydroxylation is 1. The van der Waals surface area contributed by atoms with Gasteiger partial charge in [-0.25, -0.2) is 0 Å². The van der Waals surface area contributed by atoms with E-state index in [-0.39, 0.29) is 0 Å². The molecule has 0 saturated carbocycles. The highest BCUT2D eigenvalue weighted by molar-refractivity contribution is 5.88. The molecule has 0 spiro atoms. The summed E-state index contributed by atoms with van der Waals surface area (Å²) in [6.45, 7) is 2.13. The molecule has 0 atom stereocenters. The molecule has 90 valence electrons. The molecule has 2 aromatic carbocycles. The lowest BCUT2D eigenvalue weighted by molar-refractivity contribution is 1.43. The predicted molar refractivity (Wildman–Crippen MR) is 78.0 cm³/mol. The maximum absolute atomic E-state index is 3.28. The second-order valence-corrected chi connectivity index (χ2v) is 4.56. The minimum Gasteiger partial charge on any atom is -0.388 e. The van der Waals surface area contributed by atoms with Gasteiger partial charge in [-0.15, -0.1) is 0 Å². The van der Waals surface area contributed by atoms with E-state index < -0.39 is 0 Å². The monoisotopic (exact) mass is 236 g/mol. The van der Waals surface area contributed by atoms with Crippen LogP contribution in [0.1, 0.15) is 5.56 Å². The standard InChI is InChI=1S/C16H16N2/c1-11-10-18-16-7-6-13(9-15(11)16)12-4-3-5-14(8-12)17-2/h3-10,17-18H,1-2H3. The van der Waals surface area contributed by atoms with Gasteiger partial charge in [0.1, 0.15) is 0 Å². The van der Waals surface area contributed by atoms with Crippen molar-refractivity contribution < 1.29 is 0 Å². The molecule has 3 aromatic rings. The van der Waals surface area contributed by atoms with Crippen LogP contribution >= 0.6 is 0 Å². The number of anilines is 1. The number of aromatic nitrogens is 1. The van der Waals surface area contributed by atoms with Crippen LogP contribution in [0.4, 0.5) is 5.69 Å². The Morgan fingerprint density at radius 3 is 2.67 bits per heavy atom. The number of aromatic amines is 1. The van der Waals surface area contributed by atoms with Gasteiger partial charge in [0.25, 0.3) is 0 Å². The Kier molecular flexibility index (Phi) is 2.56. The molecule has 2 N–H and O–H groups in total. The third kappa shape index (κ3) is 1.76. The Balaban J connectivity index is 2.15. The summed E-state index contributed by atoms with van der Waals surface area (Å²) in [4.78, 5) is 3.28. The predicted octanol–water partition coefficient (Wildman–Crippen LogP) is 4.19. The Hall–Kier alpha value is -2.22. The maximum atomic E-state index is 3.28. The summed E-state index contributed by atoms with van der Waals surface area (Å²) < 4.78 is 0. The van der Waals surface area contributed by atoms with E-state index >= 15 is 0 Å². The van der Waals surface area contributed by atoms with Gasteiger partial charge < -0.3 is 10.3 Å². The number of nitrogens with one attached hydrogen (secondary N) is 2. The zero-order valence-electron chi connectivity index (χ0n) is 10.6. The normalized spacial score (nSPS) is 10.8. The minimum absolute atomic E-state index is 1.14. The molecule has 2 heteroatoms. The van der Waals surface area contributed by atoms with Crippen molar-refractivity contribution in [1.29, 1.82) is 0 Å².